The molecule has 0 saturated carbocycles. The maximum Gasteiger partial charge on any atom is 0.268 e. The molecule has 1 aliphatic carbocycles. The van der Waals surface area contributed by atoms with E-state index >= 15 is 0 Å². The summed E-state index contributed by atoms with van der Waals surface area (Å²) in [4.78, 5) is 15.1. The topological polar surface area (TPSA) is 38.5 Å². The molecular weight excluding hydrogens is 382 g/mol. The van der Waals surface area contributed by atoms with E-state index < -0.39 is 0 Å². The summed E-state index contributed by atoms with van der Waals surface area (Å²) in [7, 11) is 0. The minimum Gasteiger partial charge on any atom is -0.351 e. The van der Waals surface area contributed by atoms with Gasteiger partial charge in [-0.05, 0) is 82.4 Å². The molecule has 1 fully saturated rings. The van der Waals surface area contributed by atoms with Crippen LogP contribution in [-0.4, -0.2) is 36.2 Å². The first-order valence-electron chi connectivity index (χ1n) is 12.4. The summed E-state index contributed by atoms with van der Waals surface area (Å²) in [6.07, 6.45) is 9.79. The normalized spacial score (nSPS) is 21.0. The molecule has 1 unspecified atom stereocenters. The van der Waals surface area contributed by atoms with Gasteiger partial charge in [-0.25, -0.2) is 0 Å². The van der Waals surface area contributed by atoms with Crippen LogP contribution in [0.5, 0.6) is 0 Å². The highest BCUT2D eigenvalue weighted by Crippen LogP contribution is 2.30. The number of nitrogens with zero attached hydrogens (tertiary/aromatic N) is 1. The van der Waals surface area contributed by atoms with Crippen molar-refractivity contribution < 1.29 is 9.69 Å². The van der Waals surface area contributed by atoms with E-state index in [1.165, 1.54) is 73.1 Å². The maximum atomic E-state index is 13.3. The lowest BCUT2D eigenvalue weighted by Crippen LogP contribution is -3.16. The number of aryl methyl sites for hydroxylation is 1. The van der Waals surface area contributed by atoms with Gasteiger partial charge < -0.3 is 14.8 Å². The lowest BCUT2D eigenvalue weighted by molar-refractivity contribution is -0.928. The Morgan fingerprint density at radius 2 is 2.00 bits per heavy atom. The minimum atomic E-state index is 0.112. The molecule has 1 aromatic carbocycles. The fourth-order valence-corrected chi connectivity index (χ4v) is 5.76. The van der Waals surface area contributed by atoms with Gasteiger partial charge in [0.05, 0.1) is 19.1 Å². The van der Waals surface area contributed by atoms with Gasteiger partial charge in [-0.3, -0.25) is 4.79 Å². The Labute approximate surface area is 188 Å². The number of rotatable bonds is 7. The molecule has 2 N–H and O–H groups in total. The molecule has 2 heterocycles. The number of nitrogens with one attached hydrogen (secondary N) is 2. The van der Waals surface area contributed by atoms with Crippen LogP contribution in [-0.2, 0) is 19.4 Å². The average molecular weight is 423 g/mol. The molecule has 0 bridgehead atoms. The fraction of sp³-hybridized carbons (Fsp3) is 0.593. The van der Waals surface area contributed by atoms with E-state index in [9.17, 15) is 4.79 Å². The van der Waals surface area contributed by atoms with Gasteiger partial charge in [-0.1, -0.05) is 29.8 Å². The quantitative estimate of drug-likeness (QED) is 0.658. The highest BCUT2D eigenvalue weighted by atomic mass is 16.1. The summed E-state index contributed by atoms with van der Waals surface area (Å²) in [6.45, 7) is 10.7. The standard InChI is InChI=1S/C27H39N3O/c1-20-10-8-12-23(18-20)19-30-25-14-5-4-13-24(25)22(3)26(30)27(31)28-15-9-17-29-16-7-6-11-21(29)2/h8,10,12,18,21H,4-7,9,11,13-17,19H2,1-3H3,(H,28,31)/p+1/t21-/m1/s1. The van der Waals surface area contributed by atoms with Gasteiger partial charge in [0.2, 0.25) is 0 Å². The van der Waals surface area contributed by atoms with Crippen LogP contribution in [0.4, 0.5) is 0 Å². The van der Waals surface area contributed by atoms with Crippen LogP contribution >= 0.6 is 0 Å². The Morgan fingerprint density at radius 3 is 2.81 bits per heavy atom. The molecule has 1 aliphatic heterocycles. The SMILES string of the molecule is Cc1cccc(Cn2c3c(c(C)c2C(=O)NCCC[NH+]2CCCC[C@H]2C)CCCC3)c1. The second-order valence-corrected chi connectivity index (χ2v) is 9.85. The van der Waals surface area contributed by atoms with E-state index in [-0.39, 0.29) is 5.91 Å². The second kappa shape index (κ2) is 10.0. The molecule has 4 rings (SSSR count). The van der Waals surface area contributed by atoms with Gasteiger partial charge >= 0.3 is 0 Å². The van der Waals surface area contributed by atoms with Crippen LogP contribution in [0.15, 0.2) is 24.3 Å². The molecule has 1 aromatic heterocycles. The monoisotopic (exact) mass is 422 g/mol. The van der Waals surface area contributed by atoms with E-state index in [0.717, 1.165) is 44.1 Å². The summed E-state index contributed by atoms with van der Waals surface area (Å²) in [5.74, 6) is 0.112. The van der Waals surface area contributed by atoms with Crippen molar-refractivity contribution in [1.29, 1.82) is 0 Å². The molecule has 1 amide bonds. The van der Waals surface area contributed by atoms with Crippen molar-refractivity contribution in [2.45, 2.75) is 84.7 Å². The van der Waals surface area contributed by atoms with E-state index in [1.54, 1.807) is 4.90 Å². The molecule has 0 spiro atoms. The number of carbonyl (C=O) groups is 1. The largest absolute Gasteiger partial charge is 0.351 e. The predicted octanol–water partition coefficient (Wildman–Crippen LogP) is 3.61. The zero-order valence-electron chi connectivity index (χ0n) is 19.7. The molecule has 2 aromatic rings. The Balaban J connectivity index is 1.47. The van der Waals surface area contributed by atoms with Gasteiger partial charge in [-0.2, -0.15) is 0 Å². The van der Waals surface area contributed by atoms with Crippen LogP contribution in [0.25, 0.3) is 0 Å². The van der Waals surface area contributed by atoms with Gasteiger partial charge in [0.25, 0.3) is 5.91 Å². The number of amides is 1. The predicted molar refractivity (Wildman–Crippen MR) is 127 cm³/mol. The lowest BCUT2D eigenvalue weighted by Gasteiger charge is -2.30. The van der Waals surface area contributed by atoms with Crippen molar-refractivity contribution in [2.75, 3.05) is 19.6 Å². The number of fused-ring (bicyclic) bond motifs is 1. The first kappa shape index (κ1) is 22.1. The number of hydrogen-bond acceptors (Lipinski definition) is 1. The van der Waals surface area contributed by atoms with Gasteiger partial charge in [0.1, 0.15) is 5.69 Å². The number of carbonyl (C=O) groups excluding carboxylic acids is 1. The van der Waals surface area contributed by atoms with Crippen molar-refractivity contribution in [2.24, 2.45) is 0 Å². The zero-order chi connectivity index (χ0) is 21.8. The molecular formula is C27H40N3O+. The average Bonchev–Trinajstić information content (AvgIpc) is 3.04. The van der Waals surface area contributed by atoms with Gasteiger partial charge in [-0.15, -0.1) is 0 Å². The summed E-state index contributed by atoms with van der Waals surface area (Å²) in [5, 5.41) is 3.27. The number of hydrogen-bond donors (Lipinski definition) is 2. The number of likely N-dealkylation sites (tertiary alicyclic amines) is 1. The van der Waals surface area contributed by atoms with Crippen LogP contribution < -0.4 is 10.2 Å². The molecule has 2 aliphatic rings. The number of aromatic nitrogens is 1. The maximum absolute atomic E-state index is 13.3. The lowest BCUT2D eigenvalue weighted by atomic mass is 9.95. The summed E-state index contributed by atoms with van der Waals surface area (Å²) in [5.41, 5.74) is 7.47. The van der Waals surface area contributed by atoms with E-state index in [1.807, 2.05) is 0 Å². The Kier molecular flexibility index (Phi) is 7.16. The highest BCUT2D eigenvalue weighted by molar-refractivity contribution is 5.95. The first-order chi connectivity index (χ1) is 15.0. The fourth-order valence-electron chi connectivity index (χ4n) is 5.76. The van der Waals surface area contributed by atoms with Crippen molar-refractivity contribution >= 4 is 5.91 Å². The summed E-state index contributed by atoms with van der Waals surface area (Å²) >= 11 is 0. The van der Waals surface area contributed by atoms with Crippen LogP contribution in [0.2, 0.25) is 0 Å². The third-order valence-electron chi connectivity index (χ3n) is 7.52. The van der Waals surface area contributed by atoms with Gasteiger partial charge in [0.15, 0.2) is 0 Å². The van der Waals surface area contributed by atoms with Crippen LogP contribution in [0.3, 0.4) is 0 Å². The summed E-state index contributed by atoms with van der Waals surface area (Å²) in [6, 6.07) is 9.46. The Bertz CT molecular complexity index is 913. The smallest absolute Gasteiger partial charge is 0.268 e. The molecule has 1 saturated heterocycles. The van der Waals surface area contributed by atoms with Gasteiger partial charge in [0, 0.05) is 25.2 Å². The van der Waals surface area contributed by atoms with E-state index in [4.69, 9.17) is 0 Å². The molecule has 31 heavy (non-hydrogen) atoms. The molecule has 0 radical (unpaired) electrons. The van der Waals surface area contributed by atoms with Crippen molar-refractivity contribution in [3.05, 3.63) is 57.9 Å². The second-order valence-electron chi connectivity index (χ2n) is 9.85. The van der Waals surface area contributed by atoms with E-state index in [0.29, 0.717) is 0 Å². The Hall–Kier alpha value is -2.07. The molecule has 4 heteroatoms. The van der Waals surface area contributed by atoms with Crippen molar-refractivity contribution in [3.8, 4) is 0 Å². The minimum absolute atomic E-state index is 0.112. The van der Waals surface area contributed by atoms with Crippen LogP contribution in [0.1, 0.15) is 83.9 Å². The number of benzene rings is 1. The highest BCUT2D eigenvalue weighted by Gasteiger charge is 2.26. The number of piperidine rings is 1. The first-order valence-corrected chi connectivity index (χ1v) is 12.4. The zero-order valence-corrected chi connectivity index (χ0v) is 19.7. The summed E-state index contributed by atoms with van der Waals surface area (Å²) < 4.78 is 2.33. The molecule has 4 nitrogen and oxygen atoms in total. The Morgan fingerprint density at radius 1 is 1.16 bits per heavy atom. The number of quaternary nitrogens is 1. The van der Waals surface area contributed by atoms with Crippen molar-refractivity contribution in [3.63, 3.8) is 0 Å². The molecule has 2 atom stereocenters. The van der Waals surface area contributed by atoms with E-state index in [2.05, 4.69) is 54.9 Å². The van der Waals surface area contributed by atoms with Crippen LogP contribution in [0, 0.1) is 13.8 Å². The third kappa shape index (κ3) is 5.06. The third-order valence-corrected chi connectivity index (χ3v) is 7.52. The van der Waals surface area contributed by atoms with Crippen molar-refractivity contribution in [1.82, 2.24) is 9.88 Å². The molecule has 168 valence electrons.